The molecule has 5 nitrogen and oxygen atoms in total. The van der Waals surface area contributed by atoms with Gasteiger partial charge in [-0.25, -0.2) is 0 Å². The molecule has 2 aromatic rings. The second-order valence-corrected chi connectivity index (χ2v) is 6.61. The SMILES string of the molecule is CCc1ccc(NC2=C(c3cccs3)C(=O)N(CCOC)C2=O)cc1. The molecule has 0 bridgehead atoms. The number of hydrogen-bond donors (Lipinski definition) is 1. The Balaban J connectivity index is 1.95. The Kier molecular flexibility index (Phi) is 5.31. The second-order valence-electron chi connectivity index (χ2n) is 5.66. The van der Waals surface area contributed by atoms with Crippen LogP contribution in [0, 0.1) is 0 Å². The van der Waals surface area contributed by atoms with Crippen molar-refractivity contribution in [1.29, 1.82) is 0 Å². The van der Waals surface area contributed by atoms with E-state index in [-0.39, 0.29) is 18.4 Å². The quantitative estimate of drug-likeness (QED) is 0.774. The summed E-state index contributed by atoms with van der Waals surface area (Å²) in [7, 11) is 1.55. The molecule has 1 aromatic carbocycles. The molecular weight excluding hydrogens is 336 g/mol. The highest BCUT2D eigenvalue weighted by Gasteiger charge is 2.39. The normalized spacial score (nSPS) is 14.6. The van der Waals surface area contributed by atoms with Crippen LogP contribution in [0.15, 0.2) is 47.5 Å². The number of imide groups is 1. The smallest absolute Gasteiger partial charge is 0.278 e. The van der Waals surface area contributed by atoms with E-state index in [1.165, 1.54) is 21.8 Å². The first-order valence-corrected chi connectivity index (χ1v) is 9.03. The van der Waals surface area contributed by atoms with Crippen LogP contribution in [0.2, 0.25) is 0 Å². The number of methoxy groups -OCH3 is 1. The summed E-state index contributed by atoms with van der Waals surface area (Å²) in [4.78, 5) is 27.6. The van der Waals surface area contributed by atoms with Gasteiger partial charge in [0.1, 0.15) is 5.70 Å². The molecule has 0 aliphatic carbocycles. The topological polar surface area (TPSA) is 58.6 Å². The van der Waals surface area contributed by atoms with Gasteiger partial charge in [-0.15, -0.1) is 11.3 Å². The molecule has 0 fully saturated rings. The van der Waals surface area contributed by atoms with Crippen LogP contribution >= 0.6 is 11.3 Å². The molecule has 2 heterocycles. The van der Waals surface area contributed by atoms with Crippen LogP contribution in [0.5, 0.6) is 0 Å². The van der Waals surface area contributed by atoms with Crippen molar-refractivity contribution in [2.75, 3.05) is 25.6 Å². The van der Waals surface area contributed by atoms with Crippen molar-refractivity contribution < 1.29 is 14.3 Å². The number of nitrogens with zero attached hydrogens (tertiary/aromatic N) is 1. The fraction of sp³-hybridized carbons (Fsp3) is 0.263. The van der Waals surface area contributed by atoms with E-state index in [2.05, 4.69) is 12.2 Å². The van der Waals surface area contributed by atoms with Gasteiger partial charge in [-0.1, -0.05) is 25.1 Å². The molecule has 6 heteroatoms. The Morgan fingerprint density at radius 2 is 1.88 bits per heavy atom. The Morgan fingerprint density at radius 3 is 2.48 bits per heavy atom. The Labute approximate surface area is 150 Å². The monoisotopic (exact) mass is 356 g/mol. The molecule has 0 spiro atoms. The third kappa shape index (κ3) is 3.50. The minimum atomic E-state index is -0.315. The number of amides is 2. The highest BCUT2D eigenvalue weighted by molar-refractivity contribution is 7.11. The van der Waals surface area contributed by atoms with Crippen LogP contribution in [-0.2, 0) is 20.7 Å². The minimum Gasteiger partial charge on any atom is -0.383 e. The van der Waals surface area contributed by atoms with Gasteiger partial charge in [-0.05, 0) is 35.6 Å². The number of thiophene rings is 1. The molecule has 0 saturated heterocycles. The first-order valence-electron chi connectivity index (χ1n) is 8.15. The van der Waals surface area contributed by atoms with Crippen LogP contribution < -0.4 is 5.32 Å². The number of nitrogens with one attached hydrogen (secondary N) is 1. The number of rotatable bonds is 7. The summed E-state index contributed by atoms with van der Waals surface area (Å²) in [6.45, 7) is 2.64. The molecular formula is C19H20N2O3S. The Hall–Kier alpha value is -2.44. The van der Waals surface area contributed by atoms with E-state index in [1.807, 2.05) is 41.8 Å². The molecule has 0 unspecified atom stereocenters. The van der Waals surface area contributed by atoms with E-state index in [9.17, 15) is 9.59 Å². The number of carbonyl (C=O) groups excluding carboxylic acids is 2. The van der Waals surface area contributed by atoms with E-state index in [4.69, 9.17) is 4.74 Å². The zero-order valence-electron chi connectivity index (χ0n) is 14.2. The van der Waals surface area contributed by atoms with Crippen LogP contribution in [0.4, 0.5) is 5.69 Å². The molecule has 2 amide bonds. The van der Waals surface area contributed by atoms with Crippen LogP contribution in [-0.4, -0.2) is 37.0 Å². The summed E-state index contributed by atoms with van der Waals surface area (Å²) < 4.78 is 5.02. The molecule has 1 aliphatic rings. The molecule has 25 heavy (non-hydrogen) atoms. The second kappa shape index (κ2) is 7.63. The molecule has 1 N–H and O–H groups in total. The van der Waals surface area contributed by atoms with Crippen LogP contribution in [0.25, 0.3) is 5.57 Å². The molecule has 0 atom stereocenters. The highest BCUT2D eigenvalue weighted by atomic mass is 32.1. The standard InChI is InChI=1S/C19H20N2O3S/c1-3-13-6-8-14(9-7-13)20-17-16(15-5-4-12-25-15)18(22)21(19(17)23)10-11-24-2/h4-9,12,20H,3,10-11H2,1-2H3. The van der Waals surface area contributed by atoms with Crippen LogP contribution in [0.1, 0.15) is 17.4 Å². The number of hydrogen-bond acceptors (Lipinski definition) is 5. The predicted octanol–water partition coefficient (Wildman–Crippen LogP) is 3.15. The van der Waals surface area contributed by atoms with Crippen LogP contribution in [0.3, 0.4) is 0 Å². The van der Waals surface area contributed by atoms with Gasteiger partial charge in [-0.3, -0.25) is 14.5 Å². The number of ether oxygens (including phenoxy) is 1. The third-order valence-corrected chi connectivity index (χ3v) is 4.97. The number of anilines is 1. The Bertz CT molecular complexity index is 795. The van der Waals surface area contributed by atoms with E-state index in [0.29, 0.717) is 17.9 Å². The van der Waals surface area contributed by atoms with Crippen molar-refractivity contribution in [1.82, 2.24) is 4.90 Å². The lowest BCUT2D eigenvalue weighted by molar-refractivity contribution is -0.137. The average Bonchev–Trinajstić information content (AvgIpc) is 3.22. The van der Waals surface area contributed by atoms with Gasteiger partial charge in [0.25, 0.3) is 11.8 Å². The predicted molar refractivity (Wildman–Crippen MR) is 99.3 cm³/mol. The van der Waals surface area contributed by atoms with Gasteiger partial charge in [0.15, 0.2) is 0 Å². The summed E-state index contributed by atoms with van der Waals surface area (Å²) in [5.41, 5.74) is 2.76. The minimum absolute atomic E-state index is 0.239. The number of benzene rings is 1. The highest BCUT2D eigenvalue weighted by Crippen LogP contribution is 2.32. The summed E-state index contributed by atoms with van der Waals surface area (Å²) >= 11 is 1.44. The van der Waals surface area contributed by atoms with Crippen molar-refractivity contribution in [2.24, 2.45) is 0 Å². The average molecular weight is 356 g/mol. The van der Waals surface area contributed by atoms with Crippen molar-refractivity contribution in [3.8, 4) is 0 Å². The summed E-state index contributed by atoms with van der Waals surface area (Å²) in [5.74, 6) is -0.595. The summed E-state index contributed by atoms with van der Waals surface area (Å²) in [6, 6.07) is 11.6. The van der Waals surface area contributed by atoms with Gasteiger partial charge < -0.3 is 10.1 Å². The maximum Gasteiger partial charge on any atom is 0.278 e. The van der Waals surface area contributed by atoms with E-state index < -0.39 is 0 Å². The zero-order valence-corrected chi connectivity index (χ0v) is 15.1. The van der Waals surface area contributed by atoms with E-state index >= 15 is 0 Å². The molecule has 130 valence electrons. The zero-order chi connectivity index (χ0) is 17.8. The largest absolute Gasteiger partial charge is 0.383 e. The number of aryl methyl sites for hydroxylation is 1. The lowest BCUT2D eigenvalue weighted by Crippen LogP contribution is -2.35. The maximum atomic E-state index is 12.8. The first-order chi connectivity index (χ1) is 12.2. The van der Waals surface area contributed by atoms with E-state index in [1.54, 1.807) is 7.11 Å². The fourth-order valence-corrected chi connectivity index (χ4v) is 3.46. The first kappa shape index (κ1) is 17.4. The number of carbonyl (C=O) groups is 2. The molecule has 3 rings (SSSR count). The van der Waals surface area contributed by atoms with Gasteiger partial charge in [0, 0.05) is 17.7 Å². The molecule has 1 aliphatic heterocycles. The van der Waals surface area contributed by atoms with Gasteiger partial charge in [0.2, 0.25) is 0 Å². The molecule has 1 aromatic heterocycles. The lowest BCUT2D eigenvalue weighted by atomic mass is 10.1. The molecule has 0 saturated carbocycles. The van der Waals surface area contributed by atoms with Crippen molar-refractivity contribution in [3.05, 3.63) is 57.9 Å². The van der Waals surface area contributed by atoms with Crippen molar-refractivity contribution >= 4 is 34.4 Å². The summed E-state index contributed by atoms with van der Waals surface area (Å²) in [5, 5.41) is 5.04. The van der Waals surface area contributed by atoms with Crippen molar-refractivity contribution in [2.45, 2.75) is 13.3 Å². The maximum absolute atomic E-state index is 12.8. The summed E-state index contributed by atoms with van der Waals surface area (Å²) in [6.07, 6.45) is 0.950. The lowest BCUT2D eigenvalue weighted by Gasteiger charge is -2.14. The fourth-order valence-electron chi connectivity index (χ4n) is 2.70. The van der Waals surface area contributed by atoms with Gasteiger partial charge in [0.05, 0.1) is 18.7 Å². The van der Waals surface area contributed by atoms with E-state index in [0.717, 1.165) is 17.0 Å². The van der Waals surface area contributed by atoms with Gasteiger partial charge in [-0.2, -0.15) is 0 Å². The molecule has 0 radical (unpaired) electrons. The Morgan fingerprint density at radius 1 is 1.12 bits per heavy atom. The van der Waals surface area contributed by atoms with Gasteiger partial charge >= 0.3 is 0 Å². The third-order valence-electron chi connectivity index (χ3n) is 4.09. The van der Waals surface area contributed by atoms with Crippen molar-refractivity contribution in [3.63, 3.8) is 0 Å².